The Bertz CT molecular complexity index is 1070. The smallest absolute Gasteiger partial charge is 0.341 e. The fourth-order valence-corrected chi connectivity index (χ4v) is 5.65. The minimum Gasteiger partial charge on any atom is -0.462 e. The lowest BCUT2D eigenvalue weighted by Crippen LogP contribution is -2.48. The Hall–Kier alpha value is -3.00. The minimum atomic E-state index is -0.977. The Kier molecular flexibility index (Phi) is 6.15. The number of nitrogens with zero attached hydrogens (tertiary/aromatic N) is 1. The molecule has 1 aliphatic heterocycles. The zero-order valence-electron chi connectivity index (χ0n) is 18.4. The van der Waals surface area contributed by atoms with Crippen molar-refractivity contribution in [3.63, 3.8) is 0 Å². The number of nitrogens with one attached hydrogen (secondary N) is 1. The molecule has 1 aromatic heterocycles. The van der Waals surface area contributed by atoms with Crippen LogP contribution in [0.15, 0.2) is 24.3 Å². The lowest BCUT2D eigenvalue weighted by Gasteiger charge is -2.26. The third-order valence-corrected chi connectivity index (χ3v) is 6.98. The predicted octanol–water partition coefficient (Wildman–Crippen LogP) is 4.06. The molecule has 32 heavy (non-hydrogen) atoms. The number of thiophene rings is 1. The van der Waals surface area contributed by atoms with Crippen molar-refractivity contribution >= 4 is 40.0 Å². The second kappa shape index (κ2) is 8.86. The number of amides is 3. The van der Waals surface area contributed by atoms with E-state index in [1.807, 2.05) is 13.8 Å². The molecule has 0 saturated heterocycles. The van der Waals surface area contributed by atoms with Crippen LogP contribution in [0.3, 0.4) is 0 Å². The molecular formula is C24H26N2O5S. The third kappa shape index (κ3) is 3.83. The highest BCUT2D eigenvalue weighted by molar-refractivity contribution is 7.17. The van der Waals surface area contributed by atoms with Crippen LogP contribution >= 0.6 is 11.3 Å². The molecule has 1 atom stereocenters. The van der Waals surface area contributed by atoms with Gasteiger partial charge in [-0.1, -0.05) is 26.0 Å². The fraction of sp³-hybridized carbons (Fsp3) is 0.417. The first kappa shape index (κ1) is 22.2. The summed E-state index contributed by atoms with van der Waals surface area (Å²) in [6.45, 7) is 5.84. The summed E-state index contributed by atoms with van der Waals surface area (Å²) < 4.78 is 5.23. The molecule has 0 bridgehead atoms. The molecule has 168 valence electrons. The largest absolute Gasteiger partial charge is 0.462 e. The highest BCUT2D eigenvalue weighted by Gasteiger charge is 2.43. The predicted molar refractivity (Wildman–Crippen MR) is 121 cm³/mol. The van der Waals surface area contributed by atoms with E-state index in [1.165, 1.54) is 11.3 Å². The fourth-order valence-electron chi connectivity index (χ4n) is 4.37. The van der Waals surface area contributed by atoms with Crippen LogP contribution in [0, 0.1) is 5.92 Å². The maximum atomic E-state index is 13.4. The second-order valence-corrected chi connectivity index (χ2v) is 9.55. The number of carbonyl (C=O) groups is 4. The number of hydrogen-bond donors (Lipinski definition) is 1. The van der Waals surface area contributed by atoms with Crippen LogP contribution in [0.25, 0.3) is 0 Å². The first-order chi connectivity index (χ1) is 15.3. The molecule has 1 aliphatic carbocycles. The van der Waals surface area contributed by atoms with E-state index in [4.69, 9.17) is 4.74 Å². The Morgan fingerprint density at radius 3 is 2.38 bits per heavy atom. The second-order valence-electron chi connectivity index (χ2n) is 8.44. The van der Waals surface area contributed by atoms with E-state index in [1.54, 1.807) is 31.2 Å². The Balaban J connectivity index is 1.66. The molecular weight excluding hydrogens is 428 g/mol. The molecule has 2 aliphatic rings. The molecule has 1 aromatic carbocycles. The number of aryl methyl sites for hydroxylation is 1. The zero-order chi connectivity index (χ0) is 23.0. The normalized spacial score (nSPS) is 15.7. The van der Waals surface area contributed by atoms with Crippen molar-refractivity contribution < 1.29 is 23.9 Å². The van der Waals surface area contributed by atoms with Gasteiger partial charge >= 0.3 is 5.97 Å². The summed E-state index contributed by atoms with van der Waals surface area (Å²) in [5, 5.41) is 3.30. The average Bonchev–Trinajstić information content (AvgIpc) is 3.39. The van der Waals surface area contributed by atoms with Crippen LogP contribution in [0.1, 0.15) is 75.1 Å². The molecule has 0 fully saturated rings. The van der Waals surface area contributed by atoms with Gasteiger partial charge in [-0.2, -0.15) is 0 Å². The molecule has 0 radical (unpaired) electrons. The Morgan fingerprint density at radius 1 is 1.12 bits per heavy atom. The minimum absolute atomic E-state index is 0.0629. The van der Waals surface area contributed by atoms with Gasteiger partial charge in [0.25, 0.3) is 11.8 Å². The van der Waals surface area contributed by atoms with Gasteiger partial charge in [-0.3, -0.25) is 19.3 Å². The number of anilines is 1. The van der Waals surface area contributed by atoms with Crippen molar-refractivity contribution in [1.82, 2.24) is 4.90 Å². The van der Waals surface area contributed by atoms with E-state index in [2.05, 4.69) is 5.32 Å². The highest BCUT2D eigenvalue weighted by Crippen LogP contribution is 2.40. The summed E-state index contributed by atoms with van der Waals surface area (Å²) in [5.74, 6) is -1.80. The summed E-state index contributed by atoms with van der Waals surface area (Å²) in [6, 6.07) is 5.62. The van der Waals surface area contributed by atoms with Crippen LogP contribution < -0.4 is 5.32 Å². The SMILES string of the molecule is CCOC(=O)c1c(NC(=O)[C@@H](CC(C)C)N2C(=O)c3ccccc3C2=O)sc2c1CCC2. The van der Waals surface area contributed by atoms with Crippen molar-refractivity contribution in [1.29, 1.82) is 0 Å². The van der Waals surface area contributed by atoms with Crippen LogP contribution in [0.2, 0.25) is 0 Å². The average molecular weight is 455 g/mol. The molecule has 2 heterocycles. The van der Waals surface area contributed by atoms with Crippen molar-refractivity contribution in [2.24, 2.45) is 5.92 Å². The summed E-state index contributed by atoms with van der Waals surface area (Å²) in [6.07, 6.45) is 2.91. The quantitative estimate of drug-likeness (QED) is 0.503. The van der Waals surface area contributed by atoms with Gasteiger partial charge < -0.3 is 10.1 Å². The number of benzene rings is 1. The molecule has 0 saturated carbocycles. The Morgan fingerprint density at radius 2 is 1.78 bits per heavy atom. The lowest BCUT2D eigenvalue weighted by atomic mass is 10.0. The summed E-state index contributed by atoms with van der Waals surface area (Å²) >= 11 is 1.38. The molecule has 7 nitrogen and oxygen atoms in total. The first-order valence-corrected chi connectivity index (χ1v) is 11.7. The maximum absolute atomic E-state index is 13.4. The Labute approximate surface area is 190 Å². The van der Waals surface area contributed by atoms with E-state index in [0.717, 1.165) is 34.6 Å². The molecule has 0 unspecified atom stereocenters. The van der Waals surface area contributed by atoms with Crippen molar-refractivity contribution in [2.75, 3.05) is 11.9 Å². The van der Waals surface area contributed by atoms with E-state index < -0.39 is 29.7 Å². The maximum Gasteiger partial charge on any atom is 0.341 e. The number of esters is 1. The molecule has 8 heteroatoms. The van der Waals surface area contributed by atoms with Gasteiger partial charge in [0, 0.05) is 4.88 Å². The van der Waals surface area contributed by atoms with Gasteiger partial charge in [0.1, 0.15) is 11.0 Å². The lowest BCUT2D eigenvalue weighted by molar-refractivity contribution is -0.120. The summed E-state index contributed by atoms with van der Waals surface area (Å²) in [7, 11) is 0. The molecule has 1 N–H and O–H groups in total. The van der Waals surface area contributed by atoms with Crippen LogP contribution in [-0.2, 0) is 22.4 Å². The van der Waals surface area contributed by atoms with Gasteiger partial charge in [-0.15, -0.1) is 11.3 Å². The van der Waals surface area contributed by atoms with E-state index in [0.29, 0.717) is 28.1 Å². The topological polar surface area (TPSA) is 92.8 Å². The van der Waals surface area contributed by atoms with Gasteiger partial charge in [0.2, 0.25) is 5.91 Å². The van der Waals surface area contributed by atoms with Crippen LogP contribution in [-0.4, -0.2) is 41.2 Å². The highest BCUT2D eigenvalue weighted by atomic mass is 32.1. The molecule has 4 rings (SSSR count). The van der Waals surface area contributed by atoms with Crippen molar-refractivity contribution in [3.8, 4) is 0 Å². The monoisotopic (exact) mass is 454 g/mol. The van der Waals surface area contributed by atoms with E-state index in [9.17, 15) is 19.2 Å². The number of hydrogen-bond acceptors (Lipinski definition) is 6. The molecule has 2 aromatic rings. The summed E-state index contributed by atoms with van der Waals surface area (Å²) in [4.78, 5) is 54.2. The third-order valence-electron chi connectivity index (χ3n) is 5.77. The van der Waals surface area contributed by atoms with Crippen molar-refractivity contribution in [3.05, 3.63) is 51.4 Å². The summed E-state index contributed by atoms with van der Waals surface area (Å²) in [5.41, 5.74) is 1.95. The molecule has 3 amide bonds. The van der Waals surface area contributed by atoms with E-state index >= 15 is 0 Å². The number of rotatable bonds is 7. The number of imide groups is 1. The standard InChI is InChI=1S/C24H26N2O5S/c1-4-31-24(30)19-16-10-7-11-18(16)32-21(19)25-20(27)17(12-13(2)3)26-22(28)14-8-5-6-9-15(14)23(26)29/h5-6,8-9,13,17H,4,7,10-12H2,1-3H3,(H,25,27)/t17-/m1/s1. The number of carbonyl (C=O) groups excluding carboxylic acids is 4. The van der Waals surface area contributed by atoms with Crippen LogP contribution in [0.4, 0.5) is 5.00 Å². The van der Waals surface area contributed by atoms with Gasteiger partial charge in [-0.25, -0.2) is 4.79 Å². The number of ether oxygens (including phenoxy) is 1. The zero-order valence-corrected chi connectivity index (χ0v) is 19.2. The molecule has 0 spiro atoms. The van der Waals surface area contributed by atoms with Gasteiger partial charge in [0.15, 0.2) is 0 Å². The first-order valence-electron chi connectivity index (χ1n) is 10.9. The number of fused-ring (bicyclic) bond motifs is 2. The van der Waals surface area contributed by atoms with Crippen molar-refractivity contribution in [2.45, 2.75) is 52.5 Å². The van der Waals surface area contributed by atoms with Gasteiger partial charge in [-0.05, 0) is 56.2 Å². The van der Waals surface area contributed by atoms with E-state index in [-0.39, 0.29) is 12.5 Å². The van der Waals surface area contributed by atoms with Gasteiger partial charge in [0.05, 0.1) is 23.3 Å². The van der Waals surface area contributed by atoms with Crippen LogP contribution in [0.5, 0.6) is 0 Å².